The molecule has 3 heterocycles. The Bertz CT molecular complexity index is 1180. The molecule has 3 amide bonds. The number of amides is 3. The number of imide groups is 1. The normalized spacial score (nSPS) is 17.2. The van der Waals surface area contributed by atoms with Crippen molar-refractivity contribution in [3.05, 3.63) is 57.8 Å². The van der Waals surface area contributed by atoms with Crippen LogP contribution in [0.4, 0.5) is 4.79 Å². The molecule has 8 nitrogen and oxygen atoms in total. The quantitative estimate of drug-likeness (QED) is 0.459. The Labute approximate surface area is 202 Å². The highest BCUT2D eigenvalue weighted by molar-refractivity contribution is 8.18. The number of aryl methyl sites for hydroxylation is 1. The number of hydrogen-bond acceptors (Lipinski definition) is 6. The number of carbonyl (C=O) groups excluding carboxylic acids is 4. The van der Waals surface area contributed by atoms with Crippen molar-refractivity contribution in [2.45, 2.75) is 33.6 Å². The van der Waals surface area contributed by atoms with Gasteiger partial charge in [0.05, 0.1) is 17.1 Å². The molecule has 2 aliphatic heterocycles. The minimum atomic E-state index is -0.439. The molecule has 0 N–H and O–H groups in total. The number of aromatic nitrogens is 1. The number of hydrogen-bond donors (Lipinski definition) is 0. The van der Waals surface area contributed by atoms with Crippen molar-refractivity contribution in [1.29, 1.82) is 0 Å². The Hall–Kier alpha value is -3.33. The summed E-state index contributed by atoms with van der Waals surface area (Å²) in [6, 6.07) is 9.06. The largest absolute Gasteiger partial charge is 0.462 e. The molecular weight excluding hydrogens is 454 g/mol. The number of benzene rings is 1. The second-order valence-electron chi connectivity index (χ2n) is 8.28. The summed E-state index contributed by atoms with van der Waals surface area (Å²) < 4.78 is 7.05. The van der Waals surface area contributed by atoms with Crippen LogP contribution in [0.3, 0.4) is 0 Å². The van der Waals surface area contributed by atoms with E-state index >= 15 is 0 Å². The summed E-state index contributed by atoms with van der Waals surface area (Å²) in [5.41, 5.74) is 3.98. The molecule has 178 valence electrons. The summed E-state index contributed by atoms with van der Waals surface area (Å²) in [5, 5.41) is -0.424. The fraction of sp³-hybridized carbons (Fsp3) is 0.360. The van der Waals surface area contributed by atoms with Crippen molar-refractivity contribution in [1.82, 2.24) is 14.4 Å². The van der Waals surface area contributed by atoms with Crippen molar-refractivity contribution in [3.8, 4) is 5.69 Å². The number of ether oxygens (including phenoxy) is 1. The fourth-order valence-corrected chi connectivity index (χ4v) is 5.10. The van der Waals surface area contributed by atoms with Crippen LogP contribution in [0.15, 0.2) is 35.2 Å². The van der Waals surface area contributed by atoms with Gasteiger partial charge < -0.3 is 14.2 Å². The van der Waals surface area contributed by atoms with Gasteiger partial charge in [-0.05, 0) is 87.3 Å². The molecule has 9 heteroatoms. The van der Waals surface area contributed by atoms with Gasteiger partial charge in [-0.2, -0.15) is 0 Å². The van der Waals surface area contributed by atoms with Crippen molar-refractivity contribution in [2.24, 2.45) is 0 Å². The molecule has 2 saturated heterocycles. The van der Waals surface area contributed by atoms with Gasteiger partial charge in [0.2, 0.25) is 5.91 Å². The maximum absolute atomic E-state index is 12.9. The van der Waals surface area contributed by atoms with Crippen molar-refractivity contribution in [3.63, 3.8) is 0 Å². The Morgan fingerprint density at radius 2 is 1.76 bits per heavy atom. The lowest BCUT2D eigenvalue weighted by Gasteiger charge is -2.18. The predicted molar refractivity (Wildman–Crippen MR) is 130 cm³/mol. The molecule has 0 spiro atoms. The van der Waals surface area contributed by atoms with Crippen LogP contribution in [0, 0.1) is 13.8 Å². The lowest BCUT2D eigenvalue weighted by Crippen LogP contribution is -2.40. The van der Waals surface area contributed by atoms with Gasteiger partial charge >= 0.3 is 5.97 Å². The van der Waals surface area contributed by atoms with Gasteiger partial charge in [-0.15, -0.1) is 0 Å². The van der Waals surface area contributed by atoms with Crippen molar-refractivity contribution in [2.75, 3.05) is 26.2 Å². The third kappa shape index (κ3) is 4.65. The average molecular weight is 482 g/mol. The molecule has 0 aliphatic carbocycles. The van der Waals surface area contributed by atoms with Crippen LogP contribution in [0.5, 0.6) is 0 Å². The average Bonchev–Trinajstić information content (AvgIpc) is 3.51. The van der Waals surface area contributed by atoms with E-state index in [0.29, 0.717) is 30.2 Å². The highest BCUT2D eigenvalue weighted by Gasteiger charge is 2.37. The van der Waals surface area contributed by atoms with Crippen LogP contribution < -0.4 is 0 Å². The van der Waals surface area contributed by atoms with Gasteiger partial charge in [-0.3, -0.25) is 19.3 Å². The molecule has 0 bridgehead atoms. The highest BCUT2D eigenvalue weighted by atomic mass is 32.2. The molecule has 0 atom stereocenters. The maximum Gasteiger partial charge on any atom is 0.338 e. The zero-order valence-corrected chi connectivity index (χ0v) is 20.3. The van der Waals surface area contributed by atoms with Gasteiger partial charge in [0.15, 0.2) is 0 Å². The van der Waals surface area contributed by atoms with Gasteiger partial charge in [0, 0.05) is 30.2 Å². The van der Waals surface area contributed by atoms with Crippen LogP contribution in [-0.2, 0) is 14.3 Å². The molecule has 0 unspecified atom stereocenters. The zero-order valence-electron chi connectivity index (χ0n) is 19.5. The minimum Gasteiger partial charge on any atom is -0.462 e. The van der Waals surface area contributed by atoms with E-state index in [2.05, 4.69) is 0 Å². The van der Waals surface area contributed by atoms with E-state index in [1.165, 1.54) is 0 Å². The molecule has 34 heavy (non-hydrogen) atoms. The second kappa shape index (κ2) is 9.89. The molecule has 4 rings (SSSR count). The lowest BCUT2D eigenvalue weighted by atomic mass is 10.2. The van der Waals surface area contributed by atoms with Crippen molar-refractivity contribution >= 4 is 40.9 Å². The molecule has 0 radical (unpaired) electrons. The molecule has 0 saturated carbocycles. The van der Waals surface area contributed by atoms with Crippen molar-refractivity contribution < 1.29 is 23.9 Å². The SMILES string of the molecule is CCOC(=O)c1ccc(-n2c(C)cc(/C=C3/SC(=O)N(CC(=O)N4CCCC4)C3=O)c2C)cc1. The summed E-state index contributed by atoms with van der Waals surface area (Å²) in [6.07, 6.45) is 3.61. The summed E-state index contributed by atoms with van der Waals surface area (Å²) in [4.78, 5) is 52.8. The number of thioether (sulfide) groups is 1. The number of carbonyl (C=O) groups is 4. The maximum atomic E-state index is 12.9. The van der Waals surface area contributed by atoms with Crippen LogP contribution in [0.1, 0.15) is 47.1 Å². The highest BCUT2D eigenvalue weighted by Crippen LogP contribution is 2.34. The monoisotopic (exact) mass is 481 g/mol. The first-order chi connectivity index (χ1) is 16.3. The van der Waals surface area contributed by atoms with Crippen LogP contribution in [0.25, 0.3) is 11.8 Å². The van der Waals surface area contributed by atoms with E-state index in [0.717, 1.165) is 52.1 Å². The number of likely N-dealkylation sites (tertiary alicyclic amines) is 1. The molecule has 2 fully saturated rings. The zero-order chi connectivity index (χ0) is 24.4. The van der Waals surface area contributed by atoms with Gasteiger partial charge in [-0.1, -0.05) is 0 Å². The van der Waals surface area contributed by atoms with Gasteiger partial charge in [-0.25, -0.2) is 4.79 Å². The smallest absolute Gasteiger partial charge is 0.338 e. The predicted octanol–water partition coefficient (Wildman–Crippen LogP) is 3.93. The van der Waals surface area contributed by atoms with E-state index in [1.807, 2.05) is 36.6 Å². The van der Waals surface area contributed by atoms with E-state index < -0.39 is 11.1 Å². The molecule has 1 aromatic heterocycles. The van der Waals surface area contributed by atoms with Gasteiger partial charge in [0.25, 0.3) is 11.1 Å². The first-order valence-electron chi connectivity index (χ1n) is 11.3. The van der Waals surface area contributed by atoms with Crippen LogP contribution in [-0.4, -0.2) is 63.6 Å². The number of rotatable bonds is 6. The van der Waals surface area contributed by atoms with E-state index in [1.54, 1.807) is 30.0 Å². The van der Waals surface area contributed by atoms with Crippen LogP contribution in [0.2, 0.25) is 0 Å². The third-order valence-electron chi connectivity index (χ3n) is 6.02. The summed E-state index contributed by atoms with van der Waals surface area (Å²) in [5.74, 6) is -0.994. The third-order valence-corrected chi connectivity index (χ3v) is 6.93. The summed E-state index contributed by atoms with van der Waals surface area (Å²) in [7, 11) is 0. The van der Waals surface area contributed by atoms with E-state index in [9.17, 15) is 19.2 Å². The Kier molecular flexibility index (Phi) is 6.92. The number of nitrogens with zero attached hydrogens (tertiary/aromatic N) is 3. The fourth-order valence-electron chi connectivity index (χ4n) is 4.27. The summed E-state index contributed by atoms with van der Waals surface area (Å²) >= 11 is 0.858. The molecule has 1 aromatic carbocycles. The Balaban J connectivity index is 1.54. The van der Waals surface area contributed by atoms with E-state index in [-0.39, 0.29) is 18.4 Å². The molecular formula is C25H27N3O5S. The molecule has 2 aliphatic rings. The summed E-state index contributed by atoms with van der Waals surface area (Å²) in [6.45, 7) is 7.10. The van der Waals surface area contributed by atoms with Gasteiger partial charge in [0.1, 0.15) is 6.54 Å². The lowest BCUT2D eigenvalue weighted by molar-refractivity contribution is -0.135. The Morgan fingerprint density at radius 3 is 2.41 bits per heavy atom. The number of esters is 1. The standard InChI is InChI=1S/C25H27N3O5S/c1-4-33-24(31)18-7-9-20(10-8-18)28-16(2)13-19(17(28)3)14-21-23(30)27(25(32)34-21)15-22(29)26-11-5-6-12-26/h7-10,13-14H,4-6,11-12,15H2,1-3H3/b21-14+. The van der Waals surface area contributed by atoms with Crippen LogP contribution >= 0.6 is 11.8 Å². The second-order valence-corrected chi connectivity index (χ2v) is 9.28. The first kappa shape index (κ1) is 23.8. The first-order valence-corrected chi connectivity index (χ1v) is 12.1. The minimum absolute atomic E-state index is 0.189. The Morgan fingerprint density at radius 1 is 1.09 bits per heavy atom. The molecule has 2 aromatic rings. The topological polar surface area (TPSA) is 88.9 Å². The van der Waals surface area contributed by atoms with E-state index in [4.69, 9.17) is 4.74 Å².